The summed E-state index contributed by atoms with van der Waals surface area (Å²) in [5.41, 5.74) is 0. The lowest BCUT2D eigenvalue weighted by atomic mass is 9.88. The highest BCUT2D eigenvalue weighted by molar-refractivity contribution is 5.67. The molecule has 2 aliphatic carbocycles. The number of carbonyl (C=O) groups is 1. The Balaban J connectivity index is 1.83. The van der Waals surface area contributed by atoms with Crippen LogP contribution >= 0.6 is 0 Å². The van der Waals surface area contributed by atoms with Crippen molar-refractivity contribution >= 4 is 5.97 Å². The number of hydrogen-bond acceptors (Lipinski definition) is 2. The molecule has 4 unspecified atom stereocenters. The van der Waals surface area contributed by atoms with Crippen molar-refractivity contribution < 1.29 is 9.90 Å². The summed E-state index contributed by atoms with van der Waals surface area (Å²) in [5.74, 6) is 2.08. The molecule has 3 heteroatoms. The molecular weight excluding hydrogens is 214 g/mol. The summed E-state index contributed by atoms with van der Waals surface area (Å²) in [5, 5.41) is 8.90. The van der Waals surface area contributed by atoms with E-state index < -0.39 is 5.97 Å². The molecule has 0 amide bonds. The monoisotopic (exact) mass is 239 g/mol. The lowest BCUT2D eigenvalue weighted by Gasteiger charge is -2.31. The minimum Gasteiger partial charge on any atom is -0.481 e. The number of hydrogen-bond donors (Lipinski definition) is 1. The fraction of sp³-hybridized carbons (Fsp3) is 0.929. The van der Waals surface area contributed by atoms with Crippen LogP contribution in [-0.2, 0) is 4.79 Å². The summed E-state index contributed by atoms with van der Waals surface area (Å²) in [7, 11) is 2.10. The Morgan fingerprint density at radius 3 is 2.65 bits per heavy atom. The standard InChI is InChI=1S/C14H25NO2/c1-3-13(8-14(16)17)15(2)9-12-7-10-4-5-11(12)6-10/h10-13H,3-9H2,1-2H3,(H,16,17). The summed E-state index contributed by atoms with van der Waals surface area (Å²) < 4.78 is 0. The third-order valence-electron chi connectivity index (χ3n) is 4.91. The Bertz CT molecular complexity index is 279. The number of aliphatic carboxylic acids is 1. The van der Waals surface area contributed by atoms with Gasteiger partial charge in [0.2, 0.25) is 0 Å². The van der Waals surface area contributed by atoms with Gasteiger partial charge in [0.1, 0.15) is 0 Å². The van der Waals surface area contributed by atoms with Crippen LogP contribution in [0.1, 0.15) is 45.4 Å². The second-order valence-electron chi connectivity index (χ2n) is 6.03. The average Bonchev–Trinajstić information content (AvgIpc) is 2.87. The average molecular weight is 239 g/mol. The van der Waals surface area contributed by atoms with Gasteiger partial charge in [-0.25, -0.2) is 0 Å². The van der Waals surface area contributed by atoms with Crippen LogP contribution in [0.15, 0.2) is 0 Å². The van der Waals surface area contributed by atoms with Crippen LogP contribution in [0.25, 0.3) is 0 Å². The Kier molecular flexibility index (Phi) is 4.08. The third-order valence-corrected chi connectivity index (χ3v) is 4.91. The number of nitrogens with zero attached hydrogens (tertiary/aromatic N) is 1. The van der Waals surface area contributed by atoms with Gasteiger partial charge in [0.15, 0.2) is 0 Å². The molecule has 2 bridgehead atoms. The fourth-order valence-electron chi connectivity index (χ4n) is 3.93. The van der Waals surface area contributed by atoms with Crippen molar-refractivity contribution in [2.24, 2.45) is 17.8 Å². The van der Waals surface area contributed by atoms with Gasteiger partial charge in [0.05, 0.1) is 6.42 Å². The molecule has 0 aromatic carbocycles. The van der Waals surface area contributed by atoms with Crippen LogP contribution in [0.3, 0.4) is 0 Å². The first-order valence-corrected chi connectivity index (χ1v) is 7.02. The zero-order valence-corrected chi connectivity index (χ0v) is 11.1. The molecule has 4 atom stereocenters. The van der Waals surface area contributed by atoms with E-state index in [2.05, 4.69) is 18.9 Å². The summed E-state index contributed by atoms with van der Waals surface area (Å²) in [6.07, 6.45) is 6.90. The number of fused-ring (bicyclic) bond motifs is 2. The maximum atomic E-state index is 10.8. The predicted molar refractivity (Wildman–Crippen MR) is 67.9 cm³/mol. The van der Waals surface area contributed by atoms with E-state index in [4.69, 9.17) is 5.11 Å². The topological polar surface area (TPSA) is 40.5 Å². The molecule has 3 nitrogen and oxygen atoms in total. The highest BCUT2D eigenvalue weighted by Gasteiger charge is 2.40. The lowest BCUT2D eigenvalue weighted by molar-refractivity contribution is -0.138. The van der Waals surface area contributed by atoms with Gasteiger partial charge >= 0.3 is 5.97 Å². The number of carboxylic acids is 1. The Morgan fingerprint density at radius 1 is 1.41 bits per heavy atom. The van der Waals surface area contributed by atoms with Crippen LogP contribution < -0.4 is 0 Å². The van der Waals surface area contributed by atoms with Crippen LogP contribution in [0.4, 0.5) is 0 Å². The zero-order valence-electron chi connectivity index (χ0n) is 11.1. The maximum Gasteiger partial charge on any atom is 0.304 e. The van der Waals surface area contributed by atoms with Gasteiger partial charge < -0.3 is 10.0 Å². The van der Waals surface area contributed by atoms with Gasteiger partial charge in [0.25, 0.3) is 0 Å². The molecule has 98 valence electrons. The van der Waals surface area contributed by atoms with Crippen molar-refractivity contribution in [1.82, 2.24) is 4.90 Å². The molecule has 0 heterocycles. The first-order valence-electron chi connectivity index (χ1n) is 7.02. The van der Waals surface area contributed by atoms with E-state index in [9.17, 15) is 4.79 Å². The Hall–Kier alpha value is -0.570. The van der Waals surface area contributed by atoms with Gasteiger partial charge in [-0.05, 0) is 50.5 Å². The SMILES string of the molecule is CCC(CC(=O)O)N(C)CC1CC2CCC1C2. The summed E-state index contributed by atoms with van der Waals surface area (Å²) >= 11 is 0. The van der Waals surface area contributed by atoms with Gasteiger partial charge in [-0.2, -0.15) is 0 Å². The van der Waals surface area contributed by atoms with E-state index in [1.165, 1.54) is 25.7 Å². The lowest BCUT2D eigenvalue weighted by Crippen LogP contribution is -2.38. The Morgan fingerprint density at radius 2 is 2.18 bits per heavy atom. The first-order chi connectivity index (χ1) is 8.10. The van der Waals surface area contributed by atoms with E-state index in [0.717, 1.165) is 30.7 Å². The second kappa shape index (κ2) is 5.38. The van der Waals surface area contributed by atoms with E-state index >= 15 is 0 Å². The van der Waals surface area contributed by atoms with E-state index in [-0.39, 0.29) is 12.5 Å². The molecule has 0 spiro atoms. The maximum absolute atomic E-state index is 10.8. The summed E-state index contributed by atoms with van der Waals surface area (Å²) in [6, 6.07) is 0.214. The molecule has 0 aromatic rings. The van der Waals surface area contributed by atoms with Crippen molar-refractivity contribution in [3.05, 3.63) is 0 Å². The smallest absolute Gasteiger partial charge is 0.304 e. The van der Waals surface area contributed by atoms with Crippen molar-refractivity contribution in [1.29, 1.82) is 0 Å². The zero-order chi connectivity index (χ0) is 12.4. The minimum absolute atomic E-state index is 0.214. The first kappa shape index (κ1) is 12.9. The number of rotatable bonds is 6. The van der Waals surface area contributed by atoms with E-state index in [0.29, 0.717) is 0 Å². The van der Waals surface area contributed by atoms with E-state index in [1.54, 1.807) is 0 Å². The third kappa shape index (κ3) is 3.01. The van der Waals surface area contributed by atoms with Crippen LogP contribution in [0.5, 0.6) is 0 Å². The van der Waals surface area contributed by atoms with Crippen LogP contribution in [0, 0.1) is 17.8 Å². The minimum atomic E-state index is -0.670. The molecule has 2 rings (SSSR count). The fourth-order valence-corrected chi connectivity index (χ4v) is 3.93. The second-order valence-corrected chi connectivity index (χ2v) is 6.03. The molecule has 2 saturated carbocycles. The highest BCUT2D eigenvalue weighted by Crippen LogP contribution is 2.48. The van der Waals surface area contributed by atoms with Gasteiger partial charge in [-0.15, -0.1) is 0 Å². The molecule has 2 fully saturated rings. The Labute approximate surface area is 104 Å². The van der Waals surface area contributed by atoms with Crippen molar-refractivity contribution in [2.75, 3.05) is 13.6 Å². The molecule has 0 saturated heterocycles. The molecule has 0 aliphatic heterocycles. The van der Waals surface area contributed by atoms with Crippen LogP contribution in [0.2, 0.25) is 0 Å². The molecule has 0 radical (unpaired) electrons. The molecular formula is C14H25NO2. The molecule has 0 aromatic heterocycles. The highest BCUT2D eigenvalue weighted by atomic mass is 16.4. The van der Waals surface area contributed by atoms with Crippen molar-refractivity contribution in [3.8, 4) is 0 Å². The largest absolute Gasteiger partial charge is 0.481 e. The summed E-state index contributed by atoms with van der Waals surface area (Å²) in [4.78, 5) is 13.1. The quantitative estimate of drug-likeness (QED) is 0.774. The molecule has 1 N–H and O–H groups in total. The normalized spacial score (nSPS) is 33.2. The van der Waals surface area contributed by atoms with Crippen molar-refractivity contribution in [3.63, 3.8) is 0 Å². The van der Waals surface area contributed by atoms with Crippen molar-refractivity contribution in [2.45, 2.75) is 51.5 Å². The number of carboxylic acid groups (broad SMARTS) is 1. The van der Waals surface area contributed by atoms with Gasteiger partial charge in [0, 0.05) is 12.6 Å². The van der Waals surface area contributed by atoms with Gasteiger partial charge in [-0.1, -0.05) is 13.3 Å². The summed E-state index contributed by atoms with van der Waals surface area (Å²) in [6.45, 7) is 3.19. The van der Waals surface area contributed by atoms with Crippen LogP contribution in [-0.4, -0.2) is 35.6 Å². The predicted octanol–water partition coefficient (Wildman–Crippen LogP) is 2.61. The molecule has 17 heavy (non-hydrogen) atoms. The molecule has 2 aliphatic rings. The van der Waals surface area contributed by atoms with Gasteiger partial charge in [-0.3, -0.25) is 4.79 Å². The van der Waals surface area contributed by atoms with E-state index in [1.807, 2.05) is 0 Å².